The second kappa shape index (κ2) is 6.57. The molecule has 3 rings (SSSR count). The first kappa shape index (κ1) is 13.9. The summed E-state index contributed by atoms with van der Waals surface area (Å²) in [6, 6.07) is 16.6. The maximum absolute atomic E-state index is 9.02. The number of aliphatic hydroxyl groups excluding tert-OH is 1. The summed E-state index contributed by atoms with van der Waals surface area (Å²) >= 11 is 0. The summed E-state index contributed by atoms with van der Waals surface area (Å²) in [5.74, 6) is 0. The quantitative estimate of drug-likeness (QED) is 0.608. The lowest BCUT2D eigenvalue weighted by atomic mass is 10.1. The molecule has 0 aliphatic heterocycles. The summed E-state index contributed by atoms with van der Waals surface area (Å²) in [6.07, 6.45) is 2.98. The van der Waals surface area contributed by atoms with Crippen LogP contribution < -0.4 is 5.32 Å². The molecule has 1 aromatic heterocycles. The first-order chi connectivity index (χ1) is 10.4. The zero-order valence-electron chi connectivity index (χ0n) is 12.0. The molecule has 0 unspecified atom stereocenters. The second-order valence-corrected chi connectivity index (χ2v) is 5.26. The van der Waals surface area contributed by atoms with Crippen molar-refractivity contribution in [3.8, 4) is 0 Å². The van der Waals surface area contributed by atoms with Gasteiger partial charge in [0.05, 0.1) is 6.61 Å². The zero-order chi connectivity index (χ0) is 14.5. The Labute approximate surface area is 124 Å². The van der Waals surface area contributed by atoms with Crippen LogP contribution in [0.25, 0.3) is 10.9 Å². The monoisotopic (exact) mass is 280 g/mol. The van der Waals surface area contributed by atoms with Crippen molar-refractivity contribution in [1.29, 1.82) is 0 Å². The molecule has 21 heavy (non-hydrogen) atoms. The minimum Gasteiger partial charge on any atom is -0.392 e. The number of benzene rings is 2. The van der Waals surface area contributed by atoms with Crippen molar-refractivity contribution in [3.63, 3.8) is 0 Å². The Kier molecular flexibility index (Phi) is 4.34. The Morgan fingerprint density at radius 2 is 1.76 bits per heavy atom. The molecule has 1 heterocycles. The molecule has 2 aromatic carbocycles. The van der Waals surface area contributed by atoms with Gasteiger partial charge >= 0.3 is 0 Å². The minimum absolute atomic E-state index is 0.110. The molecule has 0 fully saturated rings. The Morgan fingerprint density at radius 1 is 0.952 bits per heavy atom. The van der Waals surface area contributed by atoms with Crippen LogP contribution in [0.15, 0.2) is 54.7 Å². The smallest absolute Gasteiger partial charge is 0.0681 e. The number of rotatable bonds is 6. The van der Waals surface area contributed by atoms with E-state index in [2.05, 4.69) is 46.7 Å². The molecule has 0 atom stereocenters. The Morgan fingerprint density at radius 3 is 2.57 bits per heavy atom. The van der Waals surface area contributed by atoms with Gasteiger partial charge in [0.1, 0.15) is 0 Å². The van der Waals surface area contributed by atoms with Gasteiger partial charge in [0.15, 0.2) is 0 Å². The molecule has 0 amide bonds. The van der Waals surface area contributed by atoms with E-state index in [9.17, 15) is 0 Å². The van der Waals surface area contributed by atoms with Crippen LogP contribution in [-0.2, 0) is 19.6 Å². The number of H-pyrrole nitrogens is 1. The average Bonchev–Trinajstić information content (AvgIpc) is 3.01. The van der Waals surface area contributed by atoms with E-state index in [1.54, 1.807) is 0 Å². The van der Waals surface area contributed by atoms with Crippen LogP contribution >= 0.6 is 0 Å². The molecule has 108 valence electrons. The van der Waals surface area contributed by atoms with Crippen LogP contribution in [-0.4, -0.2) is 16.6 Å². The van der Waals surface area contributed by atoms with Crippen LogP contribution in [0.2, 0.25) is 0 Å². The van der Waals surface area contributed by atoms with Crippen molar-refractivity contribution in [2.75, 3.05) is 6.54 Å². The van der Waals surface area contributed by atoms with E-state index in [0.717, 1.165) is 25.1 Å². The highest BCUT2D eigenvalue weighted by molar-refractivity contribution is 5.82. The van der Waals surface area contributed by atoms with E-state index < -0.39 is 0 Å². The second-order valence-electron chi connectivity index (χ2n) is 5.26. The third-order valence-electron chi connectivity index (χ3n) is 3.80. The maximum Gasteiger partial charge on any atom is 0.0681 e. The van der Waals surface area contributed by atoms with Crippen LogP contribution in [0, 0.1) is 0 Å². The fourth-order valence-electron chi connectivity index (χ4n) is 2.57. The van der Waals surface area contributed by atoms with Crippen LogP contribution in [0.3, 0.4) is 0 Å². The van der Waals surface area contributed by atoms with Gasteiger partial charge in [0.25, 0.3) is 0 Å². The number of aliphatic hydroxyl groups is 1. The SMILES string of the molecule is OCc1ccc(CCNCc2cccc3[nH]ccc23)cc1. The summed E-state index contributed by atoms with van der Waals surface area (Å²) in [5.41, 5.74) is 4.77. The first-order valence-corrected chi connectivity index (χ1v) is 7.31. The molecule has 3 nitrogen and oxygen atoms in total. The molecule has 3 N–H and O–H groups in total. The van der Waals surface area contributed by atoms with E-state index in [0.29, 0.717) is 0 Å². The molecule has 0 radical (unpaired) electrons. The summed E-state index contributed by atoms with van der Waals surface area (Å²) < 4.78 is 0. The fraction of sp³-hybridized carbons (Fsp3) is 0.222. The van der Waals surface area contributed by atoms with Gasteiger partial charge in [-0.15, -0.1) is 0 Å². The van der Waals surface area contributed by atoms with Crippen molar-refractivity contribution in [1.82, 2.24) is 10.3 Å². The summed E-state index contributed by atoms with van der Waals surface area (Å²) in [4.78, 5) is 3.24. The van der Waals surface area contributed by atoms with E-state index in [1.807, 2.05) is 18.3 Å². The van der Waals surface area contributed by atoms with Gasteiger partial charge in [-0.2, -0.15) is 0 Å². The normalized spacial score (nSPS) is 11.1. The lowest BCUT2D eigenvalue weighted by Crippen LogP contribution is -2.16. The van der Waals surface area contributed by atoms with Crippen LogP contribution in [0.4, 0.5) is 0 Å². The van der Waals surface area contributed by atoms with Gasteiger partial charge in [-0.25, -0.2) is 0 Å². The lowest BCUT2D eigenvalue weighted by molar-refractivity contribution is 0.282. The summed E-state index contributed by atoms with van der Waals surface area (Å²) in [7, 11) is 0. The molecular weight excluding hydrogens is 260 g/mol. The largest absolute Gasteiger partial charge is 0.392 e. The third-order valence-corrected chi connectivity index (χ3v) is 3.80. The molecule has 0 bridgehead atoms. The summed E-state index contributed by atoms with van der Waals surface area (Å²) in [6.45, 7) is 1.93. The molecule has 0 saturated carbocycles. The Hall–Kier alpha value is -2.10. The topological polar surface area (TPSA) is 48.0 Å². The molecule has 0 spiro atoms. The van der Waals surface area contributed by atoms with Crippen LogP contribution in [0.1, 0.15) is 16.7 Å². The van der Waals surface area contributed by atoms with Crippen molar-refractivity contribution >= 4 is 10.9 Å². The highest BCUT2D eigenvalue weighted by atomic mass is 16.3. The van der Waals surface area contributed by atoms with Gasteiger partial charge in [-0.3, -0.25) is 0 Å². The molecule has 0 saturated heterocycles. The predicted octanol–water partition coefficient (Wildman–Crippen LogP) is 2.99. The van der Waals surface area contributed by atoms with Crippen LogP contribution in [0.5, 0.6) is 0 Å². The van der Waals surface area contributed by atoms with Gasteiger partial charge in [-0.05, 0) is 41.8 Å². The molecular formula is C18H20N2O. The number of nitrogens with one attached hydrogen (secondary N) is 2. The zero-order valence-corrected chi connectivity index (χ0v) is 12.0. The Bertz CT molecular complexity index is 701. The highest BCUT2D eigenvalue weighted by Gasteiger charge is 2.01. The third kappa shape index (κ3) is 3.32. The number of fused-ring (bicyclic) bond motifs is 1. The predicted molar refractivity (Wildman–Crippen MR) is 86.1 cm³/mol. The van der Waals surface area contributed by atoms with Gasteiger partial charge in [-0.1, -0.05) is 36.4 Å². The van der Waals surface area contributed by atoms with Gasteiger partial charge in [0.2, 0.25) is 0 Å². The fourth-order valence-corrected chi connectivity index (χ4v) is 2.57. The van der Waals surface area contributed by atoms with E-state index >= 15 is 0 Å². The minimum atomic E-state index is 0.110. The molecule has 0 aliphatic carbocycles. The number of aromatic amines is 1. The number of hydrogen-bond donors (Lipinski definition) is 3. The highest BCUT2D eigenvalue weighted by Crippen LogP contribution is 2.17. The average molecular weight is 280 g/mol. The van der Waals surface area contributed by atoms with E-state index in [-0.39, 0.29) is 6.61 Å². The van der Waals surface area contributed by atoms with Crippen molar-refractivity contribution in [2.24, 2.45) is 0 Å². The number of hydrogen-bond acceptors (Lipinski definition) is 2. The van der Waals surface area contributed by atoms with Crippen molar-refractivity contribution in [2.45, 2.75) is 19.6 Å². The standard InChI is InChI=1S/C18H20N2O/c21-13-15-6-4-14(5-7-15)8-10-19-12-16-2-1-3-18-17(16)9-11-20-18/h1-7,9,11,19-21H,8,10,12-13H2. The van der Waals surface area contributed by atoms with Gasteiger partial charge < -0.3 is 15.4 Å². The molecule has 3 heteroatoms. The molecule has 3 aromatic rings. The van der Waals surface area contributed by atoms with E-state index in [4.69, 9.17) is 5.11 Å². The van der Waals surface area contributed by atoms with E-state index in [1.165, 1.54) is 22.0 Å². The van der Waals surface area contributed by atoms with Crippen molar-refractivity contribution < 1.29 is 5.11 Å². The van der Waals surface area contributed by atoms with Gasteiger partial charge in [0, 0.05) is 23.6 Å². The van der Waals surface area contributed by atoms with Crippen molar-refractivity contribution in [3.05, 3.63) is 71.4 Å². The maximum atomic E-state index is 9.02. The number of aromatic nitrogens is 1. The first-order valence-electron chi connectivity index (χ1n) is 7.31. The summed E-state index contributed by atoms with van der Waals surface area (Å²) in [5, 5.41) is 13.8. The Balaban J connectivity index is 1.53. The molecule has 0 aliphatic rings. The lowest BCUT2D eigenvalue weighted by Gasteiger charge is -2.07.